The summed E-state index contributed by atoms with van der Waals surface area (Å²) >= 11 is 6.17. The molecule has 0 saturated heterocycles. The largest absolute Gasteiger partial charge is 0.365 e. The normalized spacial score (nSPS) is 14.7. The Morgan fingerprint density at radius 3 is 2.79 bits per heavy atom. The Labute approximate surface area is 116 Å². The van der Waals surface area contributed by atoms with E-state index >= 15 is 0 Å². The summed E-state index contributed by atoms with van der Waals surface area (Å²) in [6.07, 6.45) is 4.15. The van der Waals surface area contributed by atoms with E-state index in [9.17, 15) is 0 Å². The number of aromatic nitrogens is 4. The van der Waals surface area contributed by atoms with Gasteiger partial charge >= 0.3 is 0 Å². The van der Waals surface area contributed by atoms with Crippen molar-refractivity contribution in [3.05, 3.63) is 34.0 Å². The molecule has 0 aromatic carbocycles. The van der Waals surface area contributed by atoms with Crippen LogP contribution in [-0.4, -0.2) is 20.2 Å². The summed E-state index contributed by atoms with van der Waals surface area (Å²) < 4.78 is 0. The van der Waals surface area contributed by atoms with Gasteiger partial charge in [-0.3, -0.25) is 5.10 Å². The highest BCUT2D eigenvalue weighted by Gasteiger charge is 2.28. The molecule has 2 aromatic heterocycles. The van der Waals surface area contributed by atoms with Crippen molar-refractivity contribution >= 4 is 17.4 Å². The van der Waals surface area contributed by atoms with Gasteiger partial charge < -0.3 is 5.32 Å². The summed E-state index contributed by atoms with van der Waals surface area (Å²) in [5.41, 5.74) is 3.09. The number of nitrogens with one attached hydrogen (secondary N) is 2. The second-order valence-electron chi connectivity index (χ2n) is 4.99. The van der Waals surface area contributed by atoms with Crippen molar-refractivity contribution in [2.24, 2.45) is 0 Å². The molecule has 1 fully saturated rings. The number of hydrogen-bond donors (Lipinski definition) is 2. The van der Waals surface area contributed by atoms with Crippen LogP contribution in [-0.2, 0) is 6.54 Å². The van der Waals surface area contributed by atoms with E-state index in [1.165, 1.54) is 12.8 Å². The first-order chi connectivity index (χ1) is 9.15. The van der Waals surface area contributed by atoms with Crippen LogP contribution >= 0.6 is 11.6 Å². The quantitative estimate of drug-likeness (QED) is 0.843. The third-order valence-electron chi connectivity index (χ3n) is 3.43. The van der Waals surface area contributed by atoms with E-state index in [0.717, 1.165) is 28.5 Å². The predicted molar refractivity (Wildman–Crippen MR) is 74.4 cm³/mol. The molecule has 2 N–H and O–H groups in total. The van der Waals surface area contributed by atoms with Gasteiger partial charge in [-0.2, -0.15) is 5.10 Å². The summed E-state index contributed by atoms with van der Waals surface area (Å²) in [5.74, 6) is 2.18. The van der Waals surface area contributed by atoms with Crippen LogP contribution in [0.4, 0.5) is 5.82 Å². The highest BCUT2D eigenvalue weighted by Crippen LogP contribution is 2.39. The molecular weight excluding hydrogens is 262 g/mol. The monoisotopic (exact) mass is 277 g/mol. The van der Waals surface area contributed by atoms with E-state index in [2.05, 4.69) is 25.5 Å². The zero-order valence-corrected chi connectivity index (χ0v) is 11.8. The molecular formula is C13H16ClN5. The van der Waals surface area contributed by atoms with Gasteiger partial charge in [-0.25, -0.2) is 9.97 Å². The average molecular weight is 278 g/mol. The fourth-order valence-corrected chi connectivity index (χ4v) is 2.11. The van der Waals surface area contributed by atoms with Crippen LogP contribution in [0.1, 0.15) is 41.4 Å². The maximum Gasteiger partial charge on any atom is 0.137 e. The predicted octanol–water partition coefficient (Wildman–Crippen LogP) is 2.96. The Hall–Kier alpha value is -1.62. The maximum absolute atomic E-state index is 6.17. The van der Waals surface area contributed by atoms with Crippen LogP contribution in [0, 0.1) is 13.8 Å². The van der Waals surface area contributed by atoms with Crippen molar-refractivity contribution in [1.29, 1.82) is 0 Å². The molecule has 6 heteroatoms. The number of anilines is 1. The van der Waals surface area contributed by atoms with Gasteiger partial charge in [0.05, 0.1) is 6.20 Å². The lowest BCUT2D eigenvalue weighted by Gasteiger charge is -2.11. The Morgan fingerprint density at radius 2 is 2.16 bits per heavy atom. The molecule has 5 nitrogen and oxygen atoms in total. The van der Waals surface area contributed by atoms with Crippen molar-refractivity contribution < 1.29 is 0 Å². The molecule has 0 amide bonds. The third-order valence-corrected chi connectivity index (χ3v) is 3.79. The Balaban J connectivity index is 1.81. The second kappa shape index (κ2) is 4.81. The first-order valence-corrected chi connectivity index (χ1v) is 6.79. The molecule has 0 spiro atoms. The molecule has 1 aliphatic carbocycles. The van der Waals surface area contributed by atoms with Crippen LogP contribution in [0.25, 0.3) is 0 Å². The Kier molecular flexibility index (Phi) is 3.14. The molecule has 1 saturated carbocycles. The Morgan fingerprint density at radius 1 is 1.37 bits per heavy atom. The van der Waals surface area contributed by atoms with Gasteiger partial charge in [0, 0.05) is 29.3 Å². The van der Waals surface area contributed by atoms with Crippen molar-refractivity contribution in [2.45, 2.75) is 39.2 Å². The highest BCUT2D eigenvalue weighted by atomic mass is 35.5. The minimum absolute atomic E-state index is 0.495. The van der Waals surface area contributed by atoms with Gasteiger partial charge in [-0.15, -0.1) is 0 Å². The zero-order valence-electron chi connectivity index (χ0n) is 11.0. The highest BCUT2D eigenvalue weighted by molar-refractivity contribution is 6.30. The van der Waals surface area contributed by atoms with Crippen LogP contribution in [0.15, 0.2) is 6.20 Å². The fraction of sp³-hybridized carbons (Fsp3) is 0.462. The van der Waals surface area contributed by atoms with E-state index < -0.39 is 0 Å². The minimum atomic E-state index is 0.495. The van der Waals surface area contributed by atoms with Gasteiger partial charge in [0.1, 0.15) is 16.8 Å². The molecule has 0 bridgehead atoms. The molecule has 0 atom stereocenters. The van der Waals surface area contributed by atoms with E-state index in [1.807, 2.05) is 20.0 Å². The van der Waals surface area contributed by atoms with Gasteiger partial charge in [-0.1, -0.05) is 11.6 Å². The van der Waals surface area contributed by atoms with Crippen molar-refractivity contribution in [3.63, 3.8) is 0 Å². The summed E-state index contributed by atoms with van der Waals surface area (Å²) in [6.45, 7) is 4.61. The number of aryl methyl sites for hydroxylation is 1. The molecule has 3 rings (SSSR count). The summed E-state index contributed by atoms with van der Waals surface area (Å²) in [7, 11) is 0. The molecule has 2 heterocycles. The smallest absolute Gasteiger partial charge is 0.137 e. The van der Waals surface area contributed by atoms with Crippen LogP contribution < -0.4 is 5.32 Å². The summed E-state index contributed by atoms with van der Waals surface area (Å²) in [4.78, 5) is 8.94. The first-order valence-electron chi connectivity index (χ1n) is 6.42. The van der Waals surface area contributed by atoms with Crippen LogP contribution in [0.2, 0.25) is 5.15 Å². The fourth-order valence-electron chi connectivity index (χ4n) is 1.93. The average Bonchev–Trinajstić information content (AvgIpc) is 3.15. The lowest BCUT2D eigenvalue weighted by molar-refractivity contribution is 0.911. The van der Waals surface area contributed by atoms with Gasteiger partial charge in [-0.05, 0) is 26.7 Å². The molecule has 19 heavy (non-hydrogen) atoms. The van der Waals surface area contributed by atoms with Crippen LogP contribution in [0.3, 0.4) is 0 Å². The van der Waals surface area contributed by atoms with Gasteiger partial charge in [0.2, 0.25) is 0 Å². The van der Waals surface area contributed by atoms with Crippen molar-refractivity contribution in [3.8, 4) is 0 Å². The van der Waals surface area contributed by atoms with E-state index in [0.29, 0.717) is 17.6 Å². The molecule has 0 radical (unpaired) electrons. The molecule has 2 aromatic rings. The number of halogens is 1. The van der Waals surface area contributed by atoms with Gasteiger partial charge in [0.25, 0.3) is 0 Å². The number of aromatic amines is 1. The van der Waals surface area contributed by atoms with Crippen LogP contribution in [0.5, 0.6) is 0 Å². The van der Waals surface area contributed by atoms with E-state index in [1.54, 1.807) is 0 Å². The molecule has 100 valence electrons. The lowest BCUT2D eigenvalue weighted by Crippen LogP contribution is -2.07. The topological polar surface area (TPSA) is 66.5 Å². The maximum atomic E-state index is 6.17. The zero-order chi connectivity index (χ0) is 13.4. The number of rotatable bonds is 4. The van der Waals surface area contributed by atoms with E-state index in [4.69, 9.17) is 11.6 Å². The number of hydrogen-bond acceptors (Lipinski definition) is 4. The van der Waals surface area contributed by atoms with Crippen molar-refractivity contribution in [2.75, 3.05) is 5.32 Å². The van der Waals surface area contributed by atoms with E-state index in [-0.39, 0.29) is 0 Å². The summed E-state index contributed by atoms with van der Waals surface area (Å²) in [5, 5.41) is 10.8. The number of H-pyrrole nitrogens is 1. The standard InChI is InChI=1S/C13H16ClN5/c1-7-11(14)17-13(9-3-4-9)18-12(7)15-5-10-6-16-19-8(10)2/h6,9H,3-5H2,1-2H3,(H,16,19)(H,15,17,18). The minimum Gasteiger partial charge on any atom is -0.365 e. The first kappa shape index (κ1) is 12.4. The molecule has 0 aliphatic heterocycles. The van der Waals surface area contributed by atoms with Gasteiger partial charge in [0.15, 0.2) is 0 Å². The lowest BCUT2D eigenvalue weighted by atomic mass is 10.2. The van der Waals surface area contributed by atoms with Crippen molar-refractivity contribution in [1.82, 2.24) is 20.2 Å². The molecule has 1 aliphatic rings. The Bertz CT molecular complexity index is 603. The second-order valence-corrected chi connectivity index (χ2v) is 5.35. The molecule has 0 unspecified atom stereocenters. The SMILES string of the molecule is Cc1[nH]ncc1CNc1nc(C2CC2)nc(Cl)c1C. The summed E-state index contributed by atoms with van der Waals surface area (Å²) in [6, 6.07) is 0. The third kappa shape index (κ3) is 2.56. The number of nitrogens with zero attached hydrogens (tertiary/aromatic N) is 3.